The van der Waals surface area contributed by atoms with E-state index in [1.807, 2.05) is 0 Å². The zero-order chi connectivity index (χ0) is 43.5. The van der Waals surface area contributed by atoms with Crippen molar-refractivity contribution in [2.24, 2.45) is 17.8 Å². The predicted octanol–water partition coefficient (Wildman–Crippen LogP) is 4.67. The maximum Gasteiger partial charge on any atom is 0.326 e. The summed E-state index contributed by atoms with van der Waals surface area (Å²) in [5, 5.41) is 40.8. The van der Waals surface area contributed by atoms with Crippen LogP contribution in [0.1, 0.15) is 164 Å². The fraction of sp³-hybridized carbons (Fsp3) is 0.805. The van der Waals surface area contributed by atoms with Crippen LogP contribution in [0.15, 0.2) is 0 Å². The van der Waals surface area contributed by atoms with E-state index in [2.05, 4.69) is 33.5 Å². The molecule has 5 amide bonds. The molecule has 0 aromatic heterocycles. The van der Waals surface area contributed by atoms with Crippen LogP contribution >= 0.6 is 0 Å². The molecule has 5 atom stereocenters. The normalized spacial score (nSPS) is 13.9. The van der Waals surface area contributed by atoms with Gasteiger partial charge in [-0.1, -0.05) is 126 Å². The molecule has 16 nitrogen and oxygen atoms in total. The molecule has 0 fully saturated rings. The molecule has 57 heavy (non-hydrogen) atoms. The minimum Gasteiger partial charge on any atom is -0.481 e. The molecule has 0 aliphatic heterocycles. The van der Waals surface area contributed by atoms with E-state index in [1.165, 1.54) is 51.4 Å². The molecule has 0 unspecified atom stereocenters. The number of aliphatic carboxylic acids is 3. The van der Waals surface area contributed by atoms with Crippen molar-refractivity contribution in [2.45, 2.75) is 194 Å². The molecule has 0 bridgehead atoms. The summed E-state index contributed by atoms with van der Waals surface area (Å²) in [6.45, 7) is 12.0. The Kier molecular flexibility index (Phi) is 27.7. The van der Waals surface area contributed by atoms with E-state index in [-0.39, 0.29) is 19.3 Å². The molecule has 0 heterocycles. The molecule has 0 rings (SSSR count). The van der Waals surface area contributed by atoms with E-state index in [0.717, 1.165) is 25.7 Å². The zero-order valence-electron chi connectivity index (χ0n) is 35.5. The molecular formula is C41H73N5O11. The summed E-state index contributed by atoms with van der Waals surface area (Å²) in [6.07, 6.45) is 13.1. The standard InChI is InChI=1S/C41H73N5O11/c1-8-9-10-11-12-13-14-15-16-17-18-19-20-21-31(47)42-29(22-24-32(48)49)37(52)43-30(23-25-33(50)51)38(53)44-34(26(2)3)39(54)45-35(27(4)5)40(55)46-36(28(6)7)41(56)57/h26-30,34-36H,8-25H2,1-7H3,(H,42,47)(H,43,52)(H,44,53)(H,45,54)(H,46,55)(H,48,49)(H,50,51)(H,56,57)/t29-,30-,34-,35-,36-/m0/s1. The fourth-order valence-electron chi connectivity index (χ4n) is 6.24. The van der Waals surface area contributed by atoms with Gasteiger partial charge in [-0.05, 0) is 37.0 Å². The Labute approximate surface area is 339 Å². The predicted molar refractivity (Wildman–Crippen MR) is 216 cm³/mol. The summed E-state index contributed by atoms with van der Waals surface area (Å²) in [5.41, 5.74) is 0. The Morgan fingerprint density at radius 2 is 0.737 bits per heavy atom. The highest BCUT2D eigenvalue weighted by Gasteiger charge is 2.35. The van der Waals surface area contributed by atoms with Crippen molar-refractivity contribution in [1.29, 1.82) is 0 Å². The lowest BCUT2D eigenvalue weighted by atomic mass is 9.98. The molecule has 328 valence electrons. The van der Waals surface area contributed by atoms with Crippen molar-refractivity contribution in [1.82, 2.24) is 26.6 Å². The minimum atomic E-state index is -1.49. The van der Waals surface area contributed by atoms with Crippen LogP contribution in [0.3, 0.4) is 0 Å². The number of carbonyl (C=O) groups excluding carboxylic acids is 5. The summed E-state index contributed by atoms with van der Waals surface area (Å²) in [6, 6.07) is -6.46. The second kappa shape index (κ2) is 29.9. The third kappa shape index (κ3) is 24.2. The topological polar surface area (TPSA) is 257 Å². The third-order valence-corrected chi connectivity index (χ3v) is 9.81. The van der Waals surface area contributed by atoms with Crippen molar-refractivity contribution >= 4 is 47.4 Å². The lowest BCUT2D eigenvalue weighted by molar-refractivity contribution is -0.144. The number of unbranched alkanes of at least 4 members (excludes halogenated alkanes) is 12. The van der Waals surface area contributed by atoms with Gasteiger partial charge < -0.3 is 41.9 Å². The first-order valence-electron chi connectivity index (χ1n) is 21.0. The number of amides is 5. The number of hydrogen-bond acceptors (Lipinski definition) is 8. The Balaban J connectivity index is 5.55. The molecule has 16 heteroatoms. The van der Waals surface area contributed by atoms with Crippen LogP contribution in [-0.2, 0) is 38.4 Å². The van der Waals surface area contributed by atoms with Crippen LogP contribution < -0.4 is 26.6 Å². The van der Waals surface area contributed by atoms with Crippen molar-refractivity contribution in [3.05, 3.63) is 0 Å². The zero-order valence-corrected chi connectivity index (χ0v) is 35.5. The average Bonchev–Trinajstić information content (AvgIpc) is 3.12. The maximum absolute atomic E-state index is 13.6. The third-order valence-electron chi connectivity index (χ3n) is 9.81. The molecule has 0 aliphatic rings. The Bertz CT molecular complexity index is 1270. The van der Waals surface area contributed by atoms with Gasteiger partial charge in [0, 0.05) is 19.3 Å². The summed E-state index contributed by atoms with van der Waals surface area (Å²) in [5.74, 6) is -8.97. The molecule has 0 saturated carbocycles. The highest BCUT2D eigenvalue weighted by Crippen LogP contribution is 2.14. The number of carbonyl (C=O) groups is 8. The molecular weight excluding hydrogens is 738 g/mol. The van der Waals surface area contributed by atoms with Gasteiger partial charge in [0.15, 0.2) is 0 Å². The van der Waals surface area contributed by atoms with Gasteiger partial charge in [-0.3, -0.25) is 33.6 Å². The second-order valence-electron chi connectivity index (χ2n) is 16.1. The monoisotopic (exact) mass is 812 g/mol. The van der Waals surface area contributed by atoms with Gasteiger partial charge >= 0.3 is 17.9 Å². The minimum absolute atomic E-state index is 0.118. The smallest absolute Gasteiger partial charge is 0.326 e. The largest absolute Gasteiger partial charge is 0.481 e. The van der Waals surface area contributed by atoms with E-state index < -0.39 is 108 Å². The van der Waals surface area contributed by atoms with Crippen LogP contribution in [0.25, 0.3) is 0 Å². The number of nitrogens with one attached hydrogen (secondary N) is 5. The number of carboxylic acids is 3. The Hall–Kier alpha value is -4.24. The average molecular weight is 812 g/mol. The molecule has 0 aliphatic carbocycles. The van der Waals surface area contributed by atoms with E-state index >= 15 is 0 Å². The molecule has 0 radical (unpaired) electrons. The van der Waals surface area contributed by atoms with Crippen molar-refractivity contribution in [3.63, 3.8) is 0 Å². The number of rotatable bonds is 33. The molecule has 0 aromatic rings. The Morgan fingerprint density at radius 1 is 0.404 bits per heavy atom. The number of carboxylic acid groups (broad SMARTS) is 3. The van der Waals surface area contributed by atoms with Crippen LogP contribution in [0.5, 0.6) is 0 Å². The first-order chi connectivity index (χ1) is 26.8. The molecule has 0 spiro atoms. The van der Waals surface area contributed by atoms with E-state index in [4.69, 9.17) is 0 Å². The summed E-state index contributed by atoms with van der Waals surface area (Å²) < 4.78 is 0. The van der Waals surface area contributed by atoms with Crippen LogP contribution in [0.2, 0.25) is 0 Å². The van der Waals surface area contributed by atoms with Gasteiger partial charge in [0.2, 0.25) is 29.5 Å². The van der Waals surface area contributed by atoms with Gasteiger partial charge in [0.25, 0.3) is 0 Å². The highest BCUT2D eigenvalue weighted by atomic mass is 16.4. The Morgan fingerprint density at radius 3 is 1.11 bits per heavy atom. The van der Waals surface area contributed by atoms with Gasteiger partial charge in [0.1, 0.15) is 30.2 Å². The fourth-order valence-corrected chi connectivity index (χ4v) is 6.24. The van der Waals surface area contributed by atoms with E-state index in [1.54, 1.807) is 41.5 Å². The number of hydrogen-bond donors (Lipinski definition) is 8. The maximum atomic E-state index is 13.6. The van der Waals surface area contributed by atoms with Crippen LogP contribution in [0, 0.1) is 17.8 Å². The van der Waals surface area contributed by atoms with E-state index in [9.17, 15) is 53.7 Å². The summed E-state index contributed by atoms with van der Waals surface area (Å²) in [7, 11) is 0. The summed E-state index contributed by atoms with van der Waals surface area (Å²) >= 11 is 0. The van der Waals surface area contributed by atoms with Gasteiger partial charge in [0.05, 0.1) is 0 Å². The lowest BCUT2D eigenvalue weighted by Crippen LogP contribution is -2.61. The van der Waals surface area contributed by atoms with Crippen molar-refractivity contribution in [3.8, 4) is 0 Å². The molecule has 0 aromatic carbocycles. The first-order valence-corrected chi connectivity index (χ1v) is 21.0. The van der Waals surface area contributed by atoms with Crippen LogP contribution in [0.4, 0.5) is 0 Å². The van der Waals surface area contributed by atoms with Crippen molar-refractivity contribution in [2.75, 3.05) is 0 Å². The van der Waals surface area contributed by atoms with Crippen molar-refractivity contribution < 1.29 is 53.7 Å². The quantitative estimate of drug-likeness (QED) is 0.0423. The van der Waals surface area contributed by atoms with Gasteiger partial charge in [-0.15, -0.1) is 0 Å². The van der Waals surface area contributed by atoms with E-state index in [0.29, 0.717) is 6.42 Å². The highest BCUT2D eigenvalue weighted by molar-refractivity contribution is 5.96. The first kappa shape index (κ1) is 52.8. The lowest BCUT2D eigenvalue weighted by Gasteiger charge is -2.29. The van der Waals surface area contributed by atoms with Crippen LogP contribution in [-0.4, -0.2) is 93.0 Å². The summed E-state index contributed by atoms with van der Waals surface area (Å²) in [4.78, 5) is 101. The SMILES string of the molecule is CCCCCCCCCCCCCCCC(=O)N[C@@H](CCC(=O)O)C(=O)N[C@@H](CCC(=O)O)C(=O)N[C@H](C(=O)N[C@H](C(=O)N[C@H](C(=O)O)C(C)C)C(C)C)C(C)C. The van der Waals surface area contributed by atoms with Gasteiger partial charge in [-0.25, -0.2) is 4.79 Å². The second-order valence-corrected chi connectivity index (χ2v) is 16.1. The molecule has 8 N–H and O–H groups in total. The molecule has 0 saturated heterocycles. The van der Waals surface area contributed by atoms with Gasteiger partial charge in [-0.2, -0.15) is 0 Å².